The van der Waals surface area contributed by atoms with Crippen LogP contribution in [0.4, 0.5) is 0 Å². The summed E-state index contributed by atoms with van der Waals surface area (Å²) < 4.78 is 0. The summed E-state index contributed by atoms with van der Waals surface area (Å²) in [4.78, 5) is 0. The quantitative estimate of drug-likeness (QED) is 0.680. The molecule has 1 atom stereocenters. The predicted molar refractivity (Wildman–Crippen MR) is 79.8 cm³/mol. The maximum atomic E-state index is 8.85. The van der Waals surface area contributed by atoms with E-state index in [9.17, 15) is 0 Å². The van der Waals surface area contributed by atoms with Crippen LogP contribution in [0.25, 0.3) is 0 Å². The maximum Gasteiger partial charge on any atom is 0.0621 e. The zero-order valence-electron chi connectivity index (χ0n) is 11.9. The van der Waals surface area contributed by atoms with E-state index in [0.29, 0.717) is 12.3 Å². The lowest BCUT2D eigenvalue weighted by atomic mass is 9.82. The lowest BCUT2D eigenvalue weighted by Crippen LogP contribution is -2.10. The van der Waals surface area contributed by atoms with Crippen LogP contribution in [0.15, 0.2) is 35.9 Å². The van der Waals surface area contributed by atoms with E-state index >= 15 is 0 Å². The van der Waals surface area contributed by atoms with E-state index in [1.165, 1.54) is 36.8 Å². The highest BCUT2D eigenvalue weighted by atomic mass is 14.3. The van der Waals surface area contributed by atoms with E-state index in [0.717, 1.165) is 12.8 Å². The number of nitriles is 1. The van der Waals surface area contributed by atoms with Crippen molar-refractivity contribution in [1.29, 1.82) is 5.26 Å². The molecule has 0 fully saturated rings. The second-order valence-electron chi connectivity index (χ2n) is 5.61. The van der Waals surface area contributed by atoms with Gasteiger partial charge in [0, 0.05) is 6.42 Å². The van der Waals surface area contributed by atoms with Gasteiger partial charge in [-0.15, -0.1) is 0 Å². The van der Waals surface area contributed by atoms with Gasteiger partial charge in [-0.05, 0) is 56.9 Å². The first-order chi connectivity index (χ1) is 9.29. The summed E-state index contributed by atoms with van der Waals surface area (Å²) in [6, 6.07) is 11.1. The number of benzene rings is 1. The fourth-order valence-electron chi connectivity index (χ4n) is 2.90. The number of allylic oxidation sites excluding steroid dienone is 2. The monoisotopic (exact) mass is 253 g/mol. The summed E-state index contributed by atoms with van der Waals surface area (Å²) in [6.45, 7) is 2.13. The molecule has 0 aromatic heterocycles. The second kappa shape index (κ2) is 7.14. The Balaban J connectivity index is 2.06. The molecule has 19 heavy (non-hydrogen) atoms. The first-order valence-corrected chi connectivity index (χ1v) is 7.41. The molecule has 1 aromatic rings. The van der Waals surface area contributed by atoms with Crippen molar-refractivity contribution < 1.29 is 0 Å². The summed E-state index contributed by atoms with van der Waals surface area (Å²) >= 11 is 0. The fourth-order valence-corrected chi connectivity index (χ4v) is 2.90. The van der Waals surface area contributed by atoms with Gasteiger partial charge in [-0.3, -0.25) is 0 Å². The average Bonchev–Trinajstić information content (AvgIpc) is 2.46. The van der Waals surface area contributed by atoms with Gasteiger partial charge in [-0.2, -0.15) is 5.26 Å². The Hall–Kier alpha value is -1.55. The van der Waals surface area contributed by atoms with Gasteiger partial charge in [0.1, 0.15) is 0 Å². The Morgan fingerprint density at radius 1 is 1.21 bits per heavy atom. The highest BCUT2D eigenvalue weighted by Gasteiger charge is 2.16. The molecule has 1 unspecified atom stereocenters. The molecule has 0 bridgehead atoms. The lowest BCUT2D eigenvalue weighted by Gasteiger charge is -2.23. The van der Waals surface area contributed by atoms with Crippen molar-refractivity contribution in [1.82, 2.24) is 0 Å². The van der Waals surface area contributed by atoms with Crippen LogP contribution in [-0.4, -0.2) is 0 Å². The Bertz CT molecular complexity index is 461. The van der Waals surface area contributed by atoms with Gasteiger partial charge in [-0.25, -0.2) is 0 Å². The first kappa shape index (κ1) is 13.9. The molecule has 0 saturated carbocycles. The van der Waals surface area contributed by atoms with Crippen molar-refractivity contribution in [3.05, 3.63) is 47.0 Å². The molecule has 0 aliphatic heterocycles. The molecule has 100 valence electrons. The molecule has 1 aliphatic rings. The van der Waals surface area contributed by atoms with Crippen LogP contribution in [0.5, 0.6) is 0 Å². The standard InChI is InChI=1S/C18H23N/c1-15-9-11-16(12-10-15)14-18(8-5-13-19)17-6-3-2-4-7-17/h6,9-12,18H,2-5,7-8,14H2,1H3. The van der Waals surface area contributed by atoms with Crippen molar-refractivity contribution in [3.8, 4) is 6.07 Å². The molecular formula is C18H23N. The third-order valence-corrected chi connectivity index (χ3v) is 4.06. The molecule has 0 spiro atoms. The van der Waals surface area contributed by atoms with Crippen molar-refractivity contribution in [2.24, 2.45) is 5.92 Å². The minimum absolute atomic E-state index is 0.572. The van der Waals surface area contributed by atoms with Crippen LogP contribution < -0.4 is 0 Å². The molecule has 1 aliphatic carbocycles. The van der Waals surface area contributed by atoms with E-state index in [2.05, 4.69) is 43.3 Å². The topological polar surface area (TPSA) is 23.8 Å². The summed E-state index contributed by atoms with van der Waals surface area (Å²) in [5, 5.41) is 8.85. The van der Waals surface area contributed by atoms with Crippen LogP contribution >= 0.6 is 0 Å². The summed E-state index contributed by atoms with van der Waals surface area (Å²) in [5.74, 6) is 0.572. The van der Waals surface area contributed by atoms with E-state index in [4.69, 9.17) is 5.26 Å². The molecule has 0 amide bonds. The summed E-state index contributed by atoms with van der Waals surface area (Å²) in [6.07, 6.45) is 10.3. The minimum Gasteiger partial charge on any atom is -0.198 e. The normalized spacial score (nSPS) is 16.5. The Labute approximate surface area is 117 Å². The Morgan fingerprint density at radius 3 is 2.63 bits per heavy atom. The van der Waals surface area contributed by atoms with Crippen molar-refractivity contribution >= 4 is 0 Å². The molecule has 0 N–H and O–H groups in total. The Kier molecular flexibility index (Phi) is 5.21. The maximum absolute atomic E-state index is 8.85. The SMILES string of the molecule is Cc1ccc(CC(CCC#N)C2=CCCCC2)cc1. The van der Waals surface area contributed by atoms with Gasteiger partial charge in [0.15, 0.2) is 0 Å². The molecule has 0 heterocycles. The Morgan fingerprint density at radius 2 is 2.00 bits per heavy atom. The van der Waals surface area contributed by atoms with Gasteiger partial charge < -0.3 is 0 Å². The third-order valence-electron chi connectivity index (χ3n) is 4.06. The van der Waals surface area contributed by atoms with Gasteiger partial charge in [-0.1, -0.05) is 41.5 Å². The van der Waals surface area contributed by atoms with Crippen LogP contribution in [0.1, 0.15) is 49.7 Å². The molecular weight excluding hydrogens is 230 g/mol. The molecule has 2 rings (SSSR count). The average molecular weight is 253 g/mol. The van der Waals surface area contributed by atoms with Crippen molar-refractivity contribution in [2.45, 2.75) is 51.9 Å². The van der Waals surface area contributed by atoms with Gasteiger partial charge in [0.05, 0.1) is 6.07 Å². The minimum atomic E-state index is 0.572. The fraction of sp³-hybridized carbons (Fsp3) is 0.500. The van der Waals surface area contributed by atoms with E-state index in [1.54, 1.807) is 5.57 Å². The van der Waals surface area contributed by atoms with E-state index in [-0.39, 0.29) is 0 Å². The van der Waals surface area contributed by atoms with Gasteiger partial charge >= 0.3 is 0 Å². The van der Waals surface area contributed by atoms with Crippen LogP contribution in [-0.2, 0) is 6.42 Å². The van der Waals surface area contributed by atoms with Gasteiger partial charge in [0.2, 0.25) is 0 Å². The lowest BCUT2D eigenvalue weighted by molar-refractivity contribution is 0.517. The highest BCUT2D eigenvalue weighted by molar-refractivity contribution is 5.24. The third kappa shape index (κ3) is 4.24. The van der Waals surface area contributed by atoms with Crippen LogP contribution in [0.2, 0.25) is 0 Å². The molecule has 1 nitrogen and oxygen atoms in total. The number of rotatable bonds is 5. The van der Waals surface area contributed by atoms with Crippen molar-refractivity contribution in [3.63, 3.8) is 0 Å². The molecule has 0 saturated heterocycles. The largest absolute Gasteiger partial charge is 0.198 e. The molecule has 0 radical (unpaired) electrons. The number of hydrogen-bond donors (Lipinski definition) is 0. The summed E-state index contributed by atoms with van der Waals surface area (Å²) in [7, 11) is 0. The number of hydrogen-bond acceptors (Lipinski definition) is 1. The predicted octanol–water partition coefficient (Wildman–Crippen LogP) is 4.96. The highest BCUT2D eigenvalue weighted by Crippen LogP contribution is 2.30. The zero-order chi connectivity index (χ0) is 13.5. The van der Waals surface area contributed by atoms with Crippen LogP contribution in [0, 0.1) is 24.2 Å². The number of nitrogens with zero attached hydrogens (tertiary/aromatic N) is 1. The first-order valence-electron chi connectivity index (χ1n) is 7.41. The van der Waals surface area contributed by atoms with E-state index in [1.807, 2.05) is 0 Å². The van der Waals surface area contributed by atoms with Crippen LogP contribution in [0.3, 0.4) is 0 Å². The molecule has 1 heteroatoms. The second-order valence-corrected chi connectivity index (χ2v) is 5.61. The number of aryl methyl sites for hydroxylation is 1. The smallest absolute Gasteiger partial charge is 0.0621 e. The van der Waals surface area contributed by atoms with Crippen molar-refractivity contribution in [2.75, 3.05) is 0 Å². The zero-order valence-corrected chi connectivity index (χ0v) is 11.9. The van der Waals surface area contributed by atoms with E-state index < -0.39 is 0 Å². The molecule has 1 aromatic carbocycles. The van der Waals surface area contributed by atoms with Gasteiger partial charge in [0.25, 0.3) is 0 Å². The summed E-state index contributed by atoms with van der Waals surface area (Å²) in [5.41, 5.74) is 4.32.